The number of rotatable bonds is 6. The van der Waals surface area contributed by atoms with E-state index < -0.39 is 5.60 Å². The summed E-state index contributed by atoms with van der Waals surface area (Å²) in [6.07, 6.45) is 3.31. The molecular weight excluding hydrogens is 228 g/mol. The number of ketones is 1. The fourth-order valence-corrected chi connectivity index (χ4v) is 1.77. The molecule has 1 aromatic carbocycles. The van der Waals surface area contributed by atoms with E-state index in [0.29, 0.717) is 18.1 Å². The van der Waals surface area contributed by atoms with Gasteiger partial charge in [0.05, 0.1) is 6.10 Å². The van der Waals surface area contributed by atoms with Crippen molar-refractivity contribution in [1.82, 2.24) is 0 Å². The summed E-state index contributed by atoms with van der Waals surface area (Å²) in [5.41, 5.74) is -0.0665. The van der Waals surface area contributed by atoms with Gasteiger partial charge < -0.3 is 9.47 Å². The fourth-order valence-electron chi connectivity index (χ4n) is 1.77. The molecule has 0 aliphatic heterocycles. The summed E-state index contributed by atoms with van der Waals surface area (Å²) >= 11 is 0. The first-order valence-electron chi connectivity index (χ1n) is 6.45. The van der Waals surface area contributed by atoms with Crippen LogP contribution in [0.5, 0.6) is 5.75 Å². The third kappa shape index (κ3) is 2.72. The van der Waals surface area contributed by atoms with Gasteiger partial charge in [-0.1, -0.05) is 6.92 Å². The highest BCUT2D eigenvalue weighted by molar-refractivity contribution is 6.02. The first kappa shape index (κ1) is 13.1. The van der Waals surface area contributed by atoms with Crippen LogP contribution in [0.4, 0.5) is 0 Å². The van der Waals surface area contributed by atoms with Gasteiger partial charge in [0.2, 0.25) is 0 Å². The number of hydrogen-bond acceptors (Lipinski definition) is 3. The van der Waals surface area contributed by atoms with Gasteiger partial charge >= 0.3 is 0 Å². The monoisotopic (exact) mass is 248 g/mol. The number of Topliss-reactive ketones (excluding diaryl/α,β-unsaturated/α-hetero) is 1. The Morgan fingerprint density at radius 1 is 1.33 bits per heavy atom. The molecule has 3 nitrogen and oxygen atoms in total. The van der Waals surface area contributed by atoms with Gasteiger partial charge in [-0.3, -0.25) is 4.79 Å². The molecule has 1 aliphatic carbocycles. The molecule has 98 valence electrons. The molecule has 1 saturated carbocycles. The van der Waals surface area contributed by atoms with Crippen LogP contribution in [-0.4, -0.2) is 24.6 Å². The van der Waals surface area contributed by atoms with E-state index in [4.69, 9.17) is 9.47 Å². The summed E-state index contributed by atoms with van der Waals surface area (Å²) in [5, 5.41) is 0. The Hall–Kier alpha value is -1.35. The van der Waals surface area contributed by atoms with Crippen LogP contribution in [0.1, 0.15) is 43.5 Å². The number of ether oxygens (including phenoxy) is 2. The van der Waals surface area contributed by atoms with Gasteiger partial charge in [-0.25, -0.2) is 0 Å². The molecule has 0 N–H and O–H groups in total. The Morgan fingerprint density at radius 3 is 2.39 bits per heavy atom. The van der Waals surface area contributed by atoms with Gasteiger partial charge in [0.1, 0.15) is 11.4 Å². The molecule has 2 rings (SSSR count). The van der Waals surface area contributed by atoms with E-state index in [9.17, 15) is 4.79 Å². The molecule has 18 heavy (non-hydrogen) atoms. The zero-order valence-corrected chi connectivity index (χ0v) is 11.2. The summed E-state index contributed by atoms with van der Waals surface area (Å²) < 4.78 is 11.0. The van der Waals surface area contributed by atoms with Crippen LogP contribution in [0, 0.1) is 0 Å². The Balaban J connectivity index is 2.10. The molecule has 1 atom stereocenters. The molecule has 0 radical (unpaired) electrons. The molecule has 1 unspecified atom stereocenters. The Labute approximate surface area is 108 Å². The van der Waals surface area contributed by atoms with Crippen molar-refractivity contribution in [3.8, 4) is 5.75 Å². The standard InChI is InChI=1S/C15H20O3/c1-4-15(2,17-3)14(16)11-5-7-12(8-6-11)18-13-9-10-13/h5-8,13H,4,9-10H2,1-3H3. The highest BCUT2D eigenvalue weighted by Gasteiger charge is 2.31. The first-order chi connectivity index (χ1) is 8.59. The maximum atomic E-state index is 12.3. The third-order valence-corrected chi connectivity index (χ3v) is 3.55. The minimum absolute atomic E-state index is 0.0190. The molecule has 3 heteroatoms. The van der Waals surface area contributed by atoms with Gasteiger partial charge in [-0.15, -0.1) is 0 Å². The van der Waals surface area contributed by atoms with Gasteiger partial charge in [-0.2, -0.15) is 0 Å². The highest BCUT2D eigenvalue weighted by atomic mass is 16.5. The van der Waals surface area contributed by atoms with Crippen LogP contribution < -0.4 is 4.74 Å². The second kappa shape index (κ2) is 5.11. The average Bonchev–Trinajstić information content (AvgIpc) is 3.22. The van der Waals surface area contributed by atoms with E-state index in [1.165, 1.54) is 0 Å². The van der Waals surface area contributed by atoms with Gasteiger partial charge in [-0.05, 0) is 50.5 Å². The molecule has 0 spiro atoms. The zero-order valence-electron chi connectivity index (χ0n) is 11.2. The molecule has 1 fully saturated rings. The smallest absolute Gasteiger partial charge is 0.194 e. The molecule has 0 heterocycles. The van der Waals surface area contributed by atoms with E-state index in [1.807, 2.05) is 38.1 Å². The lowest BCUT2D eigenvalue weighted by Gasteiger charge is -2.24. The number of carbonyl (C=O) groups excluding carboxylic acids is 1. The predicted octanol–water partition coefficient (Wildman–Crippen LogP) is 3.23. The maximum absolute atomic E-state index is 12.3. The van der Waals surface area contributed by atoms with Crippen molar-refractivity contribution in [3.05, 3.63) is 29.8 Å². The summed E-state index contributed by atoms with van der Waals surface area (Å²) in [5.74, 6) is 0.857. The normalized spacial score (nSPS) is 18.2. The average molecular weight is 248 g/mol. The predicted molar refractivity (Wildman–Crippen MR) is 70.1 cm³/mol. The summed E-state index contributed by atoms with van der Waals surface area (Å²) in [4.78, 5) is 12.3. The molecule has 0 amide bonds. The highest BCUT2D eigenvalue weighted by Crippen LogP contribution is 2.27. The van der Waals surface area contributed by atoms with Crippen molar-refractivity contribution < 1.29 is 14.3 Å². The summed E-state index contributed by atoms with van der Waals surface area (Å²) in [7, 11) is 1.58. The minimum atomic E-state index is -0.737. The largest absolute Gasteiger partial charge is 0.490 e. The third-order valence-electron chi connectivity index (χ3n) is 3.55. The van der Waals surface area contributed by atoms with Crippen molar-refractivity contribution >= 4 is 5.78 Å². The summed E-state index contributed by atoms with van der Waals surface area (Å²) in [6, 6.07) is 7.34. The van der Waals surface area contributed by atoms with Gasteiger partial charge in [0.25, 0.3) is 0 Å². The topological polar surface area (TPSA) is 35.5 Å². The Kier molecular flexibility index (Phi) is 3.71. The van der Waals surface area contributed by atoms with Crippen LogP contribution in [0.2, 0.25) is 0 Å². The molecule has 0 bridgehead atoms. The van der Waals surface area contributed by atoms with Crippen molar-refractivity contribution in [2.75, 3.05) is 7.11 Å². The number of hydrogen-bond donors (Lipinski definition) is 0. The van der Waals surface area contributed by atoms with Crippen LogP contribution in [-0.2, 0) is 4.74 Å². The summed E-state index contributed by atoms with van der Waals surface area (Å²) in [6.45, 7) is 3.77. The van der Waals surface area contributed by atoms with E-state index >= 15 is 0 Å². The molecule has 0 saturated heterocycles. The van der Waals surface area contributed by atoms with E-state index in [-0.39, 0.29) is 5.78 Å². The second-order valence-corrected chi connectivity index (χ2v) is 4.96. The maximum Gasteiger partial charge on any atom is 0.194 e. The van der Waals surface area contributed by atoms with Crippen LogP contribution >= 0.6 is 0 Å². The fraction of sp³-hybridized carbons (Fsp3) is 0.533. The Bertz CT molecular complexity index is 414. The lowest BCUT2D eigenvalue weighted by molar-refractivity contribution is 0.0106. The van der Waals surface area contributed by atoms with E-state index in [2.05, 4.69) is 0 Å². The van der Waals surface area contributed by atoms with Crippen LogP contribution in [0.3, 0.4) is 0 Å². The molecular formula is C15H20O3. The Morgan fingerprint density at radius 2 is 1.94 bits per heavy atom. The lowest BCUT2D eigenvalue weighted by atomic mass is 9.92. The first-order valence-corrected chi connectivity index (χ1v) is 6.45. The van der Waals surface area contributed by atoms with Crippen molar-refractivity contribution in [1.29, 1.82) is 0 Å². The minimum Gasteiger partial charge on any atom is -0.490 e. The van der Waals surface area contributed by atoms with Crippen LogP contribution in [0.25, 0.3) is 0 Å². The second-order valence-electron chi connectivity index (χ2n) is 4.96. The number of benzene rings is 1. The van der Waals surface area contributed by atoms with Gasteiger partial charge in [0, 0.05) is 12.7 Å². The molecule has 1 aromatic rings. The van der Waals surface area contributed by atoms with Crippen LogP contribution in [0.15, 0.2) is 24.3 Å². The van der Waals surface area contributed by atoms with E-state index in [0.717, 1.165) is 18.6 Å². The molecule has 1 aliphatic rings. The van der Waals surface area contributed by atoms with Crippen molar-refractivity contribution in [3.63, 3.8) is 0 Å². The van der Waals surface area contributed by atoms with E-state index in [1.54, 1.807) is 7.11 Å². The lowest BCUT2D eigenvalue weighted by Crippen LogP contribution is -2.36. The van der Waals surface area contributed by atoms with Crippen molar-refractivity contribution in [2.24, 2.45) is 0 Å². The van der Waals surface area contributed by atoms with Crippen molar-refractivity contribution in [2.45, 2.75) is 44.8 Å². The quantitative estimate of drug-likeness (QED) is 0.725. The number of carbonyl (C=O) groups is 1. The molecule has 0 aromatic heterocycles. The van der Waals surface area contributed by atoms with Gasteiger partial charge in [0.15, 0.2) is 5.78 Å². The zero-order chi connectivity index (χ0) is 13.2. The number of methoxy groups -OCH3 is 1. The SMILES string of the molecule is CCC(C)(OC)C(=O)c1ccc(OC2CC2)cc1.